The monoisotopic (exact) mass is 482 g/mol. The number of nitrogens with one attached hydrogen (secondary N) is 2. The average molecular weight is 483 g/mol. The van der Waals surface area contributed by atoms with Gasteiger partial charge in [0.1, 0.15) is 11.5 Å². The van der Waals surface area contributed by atoms with Crippen LogP contribution in [0.3, 0.4) is 0 Å². The second-order valence-electron chi connectivity index (χ2n) is 7.52. The molecule has 4 rings (SSSR count). The highest BCUT2D eigenvalue weighted by Crippen LogP contribution is 2.43. The summed E-state index contributed by atoms with van der Waals surface area (Å²) in [5.41, 5.74) is 2.65. The predicted molar refractivity (Wildman–Crippen MR) is 132 cm³/mol. The molecule has 0 unspecified atom stereocenters. The SMILES string of the molecule is O=C(COc1ccc(C2SCCCS2)cc1)NCc1cccc(C(=O)NCc2ccco2)c1. The molecular formula is C25H26N2O4S2. The molecule has 1 aliphatic heterocycles. The van der Waals surface area contributed by atoms with Gasteiger partial charge in [0.15, 0.2) is 6.61 Å². The number of benzene rings is 2. The molecule has 0 atom stereocenters. The molecule has 8 heteroatoms. The fourth-order valence-corrected chi connectivity index (χ4v) is 6.20. The lowest BCUT2D eigenvalue weighted by atomic mass is 10.1. The van der Waals surface area contributed by atoms with Gasteiger partial charge in [-0.25, -0.2) is 0 Å². The van der Waals surface area contributed by atoms with Crippen LogP contribution in [-0.2, 0) is 17.9 Å². The second-order valence-corrected chi connectivity index (χ2v) is 10.2. The van der Waals surface area contributed by atoms with Gasteiger partial charge in [0.05, 0.1) is 17.4 Å². The third-order valence-corrected chi connectivity index (χ3v) is 8.05. The maximum atomic E-state index is 12.4. The number of rotatable bonds is 9. The molecule has 0 radical (unpaired) electrons. The van der Waals surface area contributed by atoms with E-state index < -0.39 is 0 Å². The quantitative estimate of drug-likeness (QED) is 0.457. The van der Waals surface area contributed by atoms with Crippen molar-refractivity contribution in [2.24, 2.45) is 0 Å². The number of amides is 2. The molecule has 1 aliphatic rings. The summed E-state index contributed by atoms with van der Waals surface area (Å²) in [7, 11) is 0. The van der Waals surface area contributed by atoms with Crippen LogP contribution in [0.4, 0.5) is 0 Å². The minimum Gasteiger partial charge on any atom is -0.484 e. The number of thioether (sulfide) groups is 2. The van der Waals surface area contributed by atoms with Crippen molar-refractivity contribution in [1.82, 2.24) is 10.6 Å². The summed E-state index contributed by atoms with van der Waals surface area (Å²) < 4.78 is 11.3. The van der Waals surface area contributed by atoms with Crippen LogP contribution in [0.25, 0.3) is 0 Å². The van der Waals surface area contributed by atoms with E-state index in [-0.39, 0.29) is 18.4 Å². The van der Waals surface area contributed by atoms with Crippen molar-refractivity contribution < 1.29 is 18.7 Å². The maximum Gasteiger partial charge on any atom is 0.258 e. The number of hydrogen-bond donors (Lipinski definition) is 2. The normalized spacial score (nSPS) is 13.9. The fourth-order valence-electron chi connectivity index (χ4n) is 3.31. The summed E-state index contributed by atoms with van der Waals surface area (Å²) in [4.78, 5) is 24.6. The number of carbonyl (C=O) groups excluding carboxylic acids is 2. The molecule has 0 bridgehead atoms. The molecule has 2 aromatic carbocycles. The van der Waals surface area contributed by atoms with Crippen LogP contribution in [-0.4, -0.2) is 29.9 Å². The van der Waals surface area contributed by atoms with Crippen LogP contribution in [0, 0.1) is 0 Å². The molecule has 2 heterocycles. The molecule has 33 heavy (non-hydrogen) atoms. The van der Waals surface area contributed by atoms with E-state index in [0.29, 0.717) is 34.7 Å². The maximum absolute atomic E-state index is 12.4. The van der Waals surface area contributed by atoms with Gasteiger partial charge in [0.2, 0.25) is 0 Å². The zero-order valence-corrected chi connectivity index (χ0v) is 19.8. The summed E-state index contributed by atoms with van der Waals surface area (Å²) >= 11 is 3.96. The van der Waals surface area contributed by atoms with Crippen LogP contribution in [0.1, 0.15) is 38.2 Å². The van der Waals surface area contributed by atoms with Crippen LogP contribution in [0.15, 0.2) is 71.3 Å². The molecule has 3 aromatic rings. The van der Waals surface area contributed by atoms with Crippen molar-refractivity contribution in [3.8, 4) is 5.75 Å². The third kappa shape index (κ3) is 7.07. The summed E-state index contributed by atoms with van der Waals surface area (Å²) in [6, 6.07) is 18.7. The van der Waals surface area contributed by atoms with E-state index in [9.17, 15) is 9.59 Å². The van der Waals surface area contributed by atoms with Crippen LogP contribution >= 0.6 is 23.5 Å². The average Bonchev–Trinajstić information content (AvgIpc) is 3.39. The van der Waals surface area contributed by atoms with E-state index in [4.69, 9.17) is 9.15 Å². The minimum atomic E-state index is -0.217. The number of carbonyl (C=O) groups is 2. The highest BCUT2D eigenvalue weighted by Gasteiger charge is 2.16. The first-order valence-electron chi connectivity index (χ1n) is 10.8. The van der Waals surface area contributed by atoms with Crippen LogP contribution in [0.5, 0.6) is 5.75 Å². The first kappa shape index (κ1) is 23.3. The van der Waals surface area contributed by atoms with Gasteiger partial charge in [-0.3, -0.25) is 9.59 Å². The van der Waals surface area contributed by atoms with Crippen molar-refractivity contribution in [3.63, 3.8) is 0 Å². The minimum absolute atomic E-state index is 0.0599. The Morgan fingerprint density at radius 3 is 2.55 bits per heavy atom. The highest BCUT2D eigenvalue weighted by atomic mass is 32.2. The third-order valence-electron chi connectivity index (χ3n) is 5.03. The zero-order valence-electron chi connectivity index (χ0n) is 18.1. The first-order valence-corrected chi connectivity index (χ1v) is 12.9. The van der Waals surface area contributed by atoms with Crippen LogP contribution in [0.2, 0.25) is 0 Å². The lowest BCUT2D eigenvalue weighted by Gasteiger charge is -2.21. The molecule has 2 N–H and O–H groups in total. The van der Waals surface area contributed by atoms with Gasteiger partial charge in [0, 0.05) is 12.1 Å². The molecule has 0 saturated carbocycles. The number of ether oxygens (including phenoxy) is 1. The van der Waals surface area contributed by atoms with Crippen molar-refractivity contribution in [2.75, 3.05) is 18.1 Å². The van der Waals surface area contributed by atoms with Gasteiger partial charge < -0.3 is 19.8 Å². The second kappa shape index (κ2) is 11.9. The summed E-state index contributed by atoms with van der Waals surface area (Å²) in [6.45, 7) is 0.579. The van der Waals surface area contributed by atoms with Gasteiger partial charge in [0.25, 0.3) is 11.8 Å². The molecule has 172 valence electrons. The largest absolute Gasteiger partial charge is 0.484 e. The van der Waals surface area contributed by atoms with E-state index in [1.165, 1.54) is 23.5 Å². The van der Waals surface area contributed by atoms with Gasteiger partial charge in [-0.2, -0.15) is 0 Å². The molecular weight excluding hydrogens is 456 g/mol. The van der Waals surface area contributed by atoms with Crippen molar-refractivity contribution in [3.05, 3.63) is 89.4 Å². The van der Waals surface area contributed by atoms with E-state index in [0.717, 1.165) is 5.56 Å². The molecule has 1 fully saturated rings. The Bertz CT molecular complexity index is 1050. The summed E-state index contributed by atoms with van der Waals surface area (Å²) in [6.07, 6.45) is 2.84. The summed E-state index contributed by atoms with van der Waals surface area (Å²) in [5, 5.41) is 5.65. The van der Waals surface area contributed by atoms with Crippen molar-refractivity contribution in [2.45, 2.75) is 24.1 Å². The number of hydrogen-bond acceptors (Lipinski definition) is 6. The smallest absolute Gasteiger partial charge is 0.258 e. The van der Waals surface area contributed by atoms with E-state index in [1.54, 1.807) is 36.6 Å². The Morgan fingerprint density at radius 2 is 1.79 bits per heavy atom. The van der Waals surface area contributed by atoms with E-state index in [2.05, 4.69) is 22.8 Å². The lowest BCUT2D eigenvalue weighted by molar-refractivity contribution is -0.123. The highest BCUT2D eigenvalue weighted by molar-refractivity contribution is 8.16. The summed E-state index contributed by atoms with van der Waals surface area (Å²) in [5.74, 6) is 3.35. The topological polar surface area (TPSA) is 80.6 Å². The van der Waals surface area contributed by atoms with Gasteiger partial charge in [-0.05, 0) is 65.5 Å². The predicted octanol–water partition coefficient (Wildman–Crippen LogP) is 4.77. The first-order chi connectivity index (χ1) is 16.2. The zero-order chi connectivity index (χ0) is 22.9. The lowest BCUT2D eigenvalue weighted by Crippen LogP contribution is -2.28. The Labute approximate surface area is 201 Å². The standard InChI is InChI=1S/C25H26N2O4S2/c28-23(17-31-21-9-7-19(8-10-21)25-32-12-3-13-33-25)26-15-18-4-1-5-20(14-18)24(29)27-16-22-6-2-11-30-22/h1-2,4-11,14,25H,3,12-13,15-17H2,(H,26,28)(H,27,29). The van der Waals surface area contributed by atoms with Crippen molar-refractivity contribution >= 4 is 35.3 Å². The van der Waals surface area contributed by atoms with Crippen LogP contribution < -0.4 is 15.4 Å². The Kier molecular flexibility index (Phi) is 8.38. The molecule has 0 spiro atoms. The van der Waals surface area contributed by atoms with Gasteiger partial charge in [-0.15, -0.1) is 23.5 Å². The molecule has 0 aliphatic carbocycles. The Balaban J connectivity index is 1.21. The van der Waals surface area contributed by atoms with Crippen molar-refractivity contribution in [1.29, 1.82) is 0 Å². The molecule has 1 aromatic heterocycles. The van der Waals surface area contributed by atoms with Gasteiger partial charge in [-0.1, -0.05) is 24.3 Å². The van der Waals surface area contributed by atoms with E-state index in [1.807, 2.05) is 41.7 Å². The van der Waals surface area contributed by atoms with E-state index >= 15 is 0 Å². The molecule has 1 saturated heterocycles. The molecule has 2 amide bonds. The van der Waals surface area contributed by atoms with Gasteiger partial charge >= 0.3 is 0 Å². The Hall–Kier alpha value is -2.84. The Morgan fingerprint density at radius 1 is 0.970 bits per heavy atom. The number of furan rings is 1. The fraction of sp³-hybridized carbons (Fsp3) is 0.280. The molecule has 6 nitrogen and oxygen atoms in total.